The molecule has 1 N–H and O–H groups in total. The zero-order chi connectivity index (χ0) is 22.2. The fourth-order valence-electron chi connectivity index (χ4n) is 4.00. The molecule has 0 spiro atoms. The first-order valence-corrected chi connectivity index (χ1v) is 10.1. The number of anilines is 1. The van der Waals surface area contributed by atoms with Crippen LogP contribution in [0, 0.1) is 6.92 Å². The molecule has 32 heavy (non-hydrogen) atoms. The van der Waals surface area contributed by atoms with Crippen molar-refractivity contribution in [2.75, 3.05) is 19.0 Å². The van der Waals surface area contributed by atoms with Gasteiger partial charge in [0.25, 0.3) is 0 Å². The monoisotopic (exact) mass is 431 g/mol. The van der Waals surface area contributed by atoms with Crippen LogP contribution in [-0.4, -0.2) is 49.2 Å². The SMILES string of the molecule is C=CCOc1ccc([C@@H]2CC(=O)Nc3c2c(C)nn3-c2ccc3nncn3n2)cc1OC. The summed E-state index contributed by atoms with van der Waals surface area (Å²) in [6.45, 7) is 5.98. The van der Waals surface area contributed by atoms with Crippen LogP contribution in [0.4, 0.5) is 5.82 Å². The Morgan fingerprint density at radius 3 is 2.94 bits per heavy atom. The average Bonchev–Trinajstić information content (AvgIpc) is 3.40. The number of carbonyl (C=O) groups is 1. The van der Waals surface area contributed by atoms with Gasteiger partial charge in [0.15, 0.2) is 23.0 Å². The van der Waals surface area contributed by atoms with E-state index in [1.54, 1.807) is 34.5 Å². The van der Waals surface area contributed by atoms with Gasteiger partial charge >= 0.3 is 0 Å². The van der Waals surface area contributed by atoms with E-state index in [-0.39, 0.29) is 11.8 Å². The number of ether oxygens (including phenoxy) is 2. The maximum atomic E-state index is 12.7. The van der Waals surface area contributed by atoms with Crippen LogP contribution in [0.15, 0.2) is 49.3 Å². The molecule has 1 atom stereocenters. The van der Waals surface area contributed by atoms with Gasteiger partial charge in [-0.1, -0.05) is 18.7 Å². The number of rotatable bonds is 6. The van der Waals surface area contributed by atoms with E-state index in [2.05, 4.69) is 32.3 Å². The van der Waals surface area contributed by atoms with Crippen molar-refractivity contribution in [1.29, 1.82) is 0 Å². The Balaban J connectivity index is 1.59. The van der Waals surface area contributed by atoms with Crippen molar-refractivity contribution in [2.45, 2.75) is 19.3 Å². The van der Waals surface area contributed by atoms with Gasteiger partial charge in [0, 0.05) is 17.9 Å². The third-order valence-electron chi connectivity index (χ3n) is 5.41. The summed E-state index contributed by atoms with van der Waals surface area (Å²) in [5.74, 6) is 2.09. The van der Waals surface area contributed by atoms with E-state index in [9.17, 15) is 4.79 Å². The third kappa shape index (κ3) is 3.25. The molecule has 0 fully saturated rings. The Kier molecular flexibility index (Phi) is 4.81. The van der Waals surface area contributed by atoms with Crippen molar-refractivity contribution < 1.29 is 14.3 Å². The number of hydrogen-bond donors (Lipinski definition) is 1. The van der Waals surface area contributed by atoms with E-state index < -0.39 is 0 Å². The summed E-state index contributed by atoms with van der Waals surface area (Å²) in [4.78, 5) is 12.7. The van der Waals surface area contributed by atoms with Gasteiger partial charge in [-0.25, -0.2) is 0 Å². The lowest BCUT2D eigenvalue weighted by Gasteiger charge is -2.25. The predicted molar refractivity (Wildman–Crippen MR) is 116 cm³/mol. The first kappa shape index (κ1) is 19.7. The van der Waals surface area contributed by atoms with Crippen molar-refractivity contribution in [1.82, 2.24) is 29.6 Å². The standard InChI is InChI=1S/C22H21N7O3/c1-4-9-32-16-6-5-14(10-17(16)31-3)15-11-20(30)24-22-21(15)13(2)26-29(22)19-8-7-18-25-23-12-28(18)27-19/h4-8,10,12,15H,1,9,11H2,2-3H3,(H,24,30)/t15-/m0/s1. The highest BCUT2D eigenvalue weighted by atomic mass is 16.5. The maximum absolute atomic E-state index is 12.7. The van der Waals surface area contributed by atoms with Crippen LogP contribution in [0.5, 0.6) is 11.5 Å². The number of amides is 1. The molecule has 4 aromatic rings. The largest absolute Gasteiger partial charge is 0.493 e. The lowest BCUT2D eigenvalue weighted by molar-refractivity contribution is -0.116. The number of hydrogen-bond acceptors (Lipinski definition) is 7. The second-order valence-corrected chi connectivity index (χ2v) is 7.40. The summed E-state index contributed by atoms with van der Waals surface area (Å²) in [6.07, 6.45) is 3.49. The van der Waals surface area contributed by atoms with Gasteiger partial charge in [0.1, 0.15) is 18.8 Å². The lowest BCUT2D eigenvalue weighted by Crippen LogP contribution is -2.25. The molecule has 0 aliphatic carbocycles. The third-order valence-corrected chi connectivity index (χ3v) is 5.41. The smallest absolute Gasteiger partial charge is 0.226 e. The molecule has 0 unspecified atom stereocenters. The number of nitrogens with zero attached hydrogens (tertiary/aromatic N) is 6. The zero-order valence-electron chi connectivity index (χ0n) is 17.6. The van der Waals surface area contributed by atoms with Crippen LogP contribution < -0.4 is 14.8 Å². The highest BCUT2D eigenvalue weighted by Crippen LogP contribution is 2.42. The summed E-state index contributed by atoms with van der Waals surface area (Å²) in [7, 11) is 1.59. The average molecular weight is 431 g/mol. The molecule has 3 aromatic heterocycles. The van der Waals surface area contributed by atoms with Gasteiger partial charge in [-0.3, -0.25) is 4.79 Å². The molecular formula is C22H21N7O3. The van der Waals surface area contributed by atoms with Gasteiger partial charge in [0.05, 0.1) is 12.8 Å². The van der Waals surface area contributed by atoms with Crippen LogP contribution in [0.25, 0.3) is 11.5 Å². The van der Waals surface area contributed by atoms with E-state index in [1.165, 1.54) is 6.33 Å². The van der Waals surface area contributed by atoms with Crippen molar-refractivity contribution in [2.24, 2.45) is 0 Å². The van der Waals surface area contributed by atoms with Crippen LogP contribution in [0.1, 0.15) is 29.2 Å². The van der Waals surface area contributed by atoms with E-state index >= 15 is 0 Å². The summed E-state index contributed by atoms with van der Waals surface area (Å²) >= 11 is 0. The fraction of sp³-hybridized carbons (Fsp3) is 0.227. The number of aromatic nitrogens is 6. The normalized spacial score (nSPS) is 15.3. The molecule has 10 heteroatoms. The van der Waals surface area contributed by atoms with Crippen molar-refractivity contribution >= 4 is 17.4 Å². The maximum Gasteiger partial charge on any atom is 0.226 e. The zero-order valence-corrected chi connectivity index (χ0v) is 17.6. The molecular weight excluding hydrogens is 410 g/mol. The number of fused-ring (bicyclic) bond motifs is 2. The number of methoxy groups -OCH3 is 1. The second kappa shape index (κ2) is 7.80. The van der Waals surface area contributed by atoms with Gasteiger partial charge in [-0.15, -0.1) is 15.3 Å². The summed E-state index contributed by atoms with van der Waals surface area (Å²) in [6, 6.07) is 9.30. The minimum atomic E-state index is -0.187. The molecule has 5 rings (SSSR count). The first-order valence-electron chi connectivity index (χ1n) is 10.1. The van der Waals surface area contributed by atoms with Crippen molar-refractivity contribution in [3.8, 4) is 17.3 Å². The topological polar surface area (TPSA) is 108 Å². The molecule has 1 amide bonds. The molecule has 10 nitrogen and oxygen atoms in total. The number of carbonyl (C=O) groups excluding carboxylic acids is 1. The molecule has 1 aliphatic rings. The minimum absolute atomic E-state index is 0.0972. The molecule has 0 bridgehead atoms. The predicted octanol–water partition coefficient (Wildman–Crippen LogP) is 2.67. The summed E-state index contributed by atoms with van der Waals surface area (Å²) in [5.41, 5.74) is 3.31. The van der Waals surface area contributed by atoms with Crippen molar-refractivity contribution in [3.63, 3.8) is 0 Å². The molecule has 0 saturated carbocycles. The second-order valence-electron chi connectivity index (χ2n) is 7.40. The highest BCUT2D eigenvalue weighted by molar-refractivity contribution is 5.95. The molecule has 4 heterocycles. The quantitative estimate of drug-likeness (QED) is 0.468. The van der Waals surface area contributed by atoms with E-state index in [0.29, 0.717) is 41.8 Å². The molecule has 0 saturated heterocycles. The summed E-state index contributed by atoms with van der Waals surface area (Å²) in [5, 5.41) is 20.0. The first-order chi connectivity index (χ1) is 15.6. The molecule has 0 radical (unpaired) electrons. The molecule has 162 valence electrons. The van der Waals surface area contributed by atoms with Gasteiger partial charge in [-0.05, 0) is 36.8 Å². The number of nitrogens with one attached hydrogen (secondary N) is 1. The minimum Gasteiger partial charge on any atom is -0.493 e. The Morgan fingerprint density at radius 1 is 1.25 bits per heavy atom. The van der Waals surface area contributed by atoms with Crippen LogP contribution >= 0.6 is 0 Å². The molecule has 1 aromatic carbocycles. The Labute approximate surface area is 183 Å². The fourth-order valence-corrected chi connectivity index (χ4v) is 4.00. The highest BCUT2D eigenvalue weighted by Gasteiger charge is 2.33. The Morgan fingerprint density at radius 2 is 2.12 bits per heavy atom. The Hall–Kier alpha value is -4.21. The Bertz CT molecular complexity index is 1340. The lowest BCUT2D eigenvalue weighted by atomic mass is 9.85. The van der Waals surface area contributed by atoms with Crippen LogP contribution in [-0.2, 0) is 4.79 Å². The number of aryl methyl sites for hydroxylation is 1. The van der Waals surface area contributed by atoms with Gasteiger partial charge in [-0.2, -0.15) is 14.3 Å². The van der Waals surface area contributed by atoms with Crippen LogP contribution in [0.3, 0.4) is 0 Å². The summed E-state index contributed by atoms with van der Waals surface area (Å²) < 4.78 is 14.4. The van der Waals surface area contributed by atoms with Gasteiger partial charge < -0.3 is 14.8 Å². The van der Waals surface area contributed by atoms with Gasteiger partial charge in [0.2, 0.25) is 5.91 Å². The van der Waals surface area contributed by atoms with Crippen LogP contribution in [0.2, 0.25) is 0 Å². The van der Waals surface area contributed by atoms with Crippen molar-refractivity contribution in [3.05, 3.63) is 66.1 Å². The number of benzene rings is 1. The van der Waals surface area contributed by atoms with E-state index in [1.807, 2.05) is 25.1 Å². The molecule has 1 aliphatic heterocycles. The van der Waals surface area contributed by atoms with E-state index in [4.69, 9.17) is 9.47 Å². The van der Waals surface area contributed by atoms with E-state index in [0.717, 1.165) is 16.8 Å².